The van der Waals surface area contributed by atoms with Crippen LogP contribution in [-0.4, -0.2) is 38.3 Å². The van der Waals surface area contributed by atoms with Crippen molar-refractivity contribution in [2.45, 2.75) is 25.0 Å². The second kappa shape index (κ2) is 3.47. The van der Waals surface area contributed by atoms with Crippen LogP contribution in [0.25, 0.3) is 0 Å². The fourth-order valence-corrected chi connectivity index (χ4v) is 4.53. The molecule has 5 atom stereocenters. The molecule has 19 heavy (non-hydrogen) atoms. The number of aromatic nitrogens is 2. The number of hydrogen-bond donors (Lipinski definition) is 1. The quantitative estimate of drug-likeness (QED) is 0.622. The molecule has 1 N–H and O–H groups in total. The Kier molecular flexibility index (Phi) is 2.05. The summed E-state index contributed by atoms with van der Waals surface area (Å²) in [6.45, 7) is 0.809. The molecule has 0 radical (unpaired) electrons. The average molecular weight is 264 g/mol. The number of fused-ring (bicyclic) bond motifs is 1. The number of nitro groups is 1. The number of rotatable bonds is 2. The second-order valence-electron chi connectivity index (χ2n) is 6.05. The molecule has 2 saturated carbocycles. The lowest BCUT2D eigenvalue weighted by Crippen LogP contribution is -2.41. The molecule has 102 valence electrons. The van der Waals surface area contributed by atoms with Gasteiger partial charge in [0.2, 0.25) is 12.1 Å². The third kappa shape index (κ3) is 1.28. The highest BCUT2D eigenvalue weighted by atomic mass is 16.6. The Morgan fingerprint density at radius 1 is 1.47 bits per heavy atom. The van der Waals surface area contributed by atoms with Crippen molar-refractivity contribution in [3.8, 4) is 0 Å². The summed E-state index contributed by atoms with van der Waals surface area (Å²) in [7, 11) is 1.77. The third-order valence-corrected chi connectivity index (χ3v) is 5.18. The summed E-state index contributed by atoms with van der Waals surface area (Å²) >= 11 is 0. The molecular weight excluding hydrogens is 248 g/mol. The maximum atomic E-state index is 11.1. The Morgan fingerprint density at radius 3 is 2.95 bits per heavy atom. The molecule has 4 rings (SSSR count). The van der Waals surface area contributed by atoms with Crippen molar-refractivity contribution in [3.05, 3.63) is 16.4 Å². The van der Waals surface area contributed by atoms with E-state index in [0.717, 1.165) is 19.4 Å². The molecule has 3 aliphatic rings. The number of imidazole rings is 1. The van der Waals surface area contributed by atoms with Crippen LogP contribution in [0.5, 0.6) is 0 Å². The number of anilines is 1. The van der Waals surface area contributed by atoms with Gasteiger partial charge in [0.05, 0.1) is 12.1 Å². The molecule has 2 bridgehead atoms. The van der Waals surface area contributed by atoms with Crippen LogP contribution in [0.1, 0.15) is 12.8 Å². The Labute approximate surface area is 110 Å². The topological polar surface area (TPSA) is 84.4 Å². The molecular formula is C12H16N4O3. The monoisotopic (exact) mass is 264 g/mol. The molecule has 1 aromatic rings. The molecule has 1 saturated heterocycles. The van der Waals surface area contributed by atoms with Gasteiger partial charge in [-0.25, -0.2) is 0 Å². The number of aliphatic hydroxyl groups is 1. The molecule has 5 unspecified atom stereocenters. The Bertz CT molecular complexity index is 555. The first-order valence-electron chi connectivity index (χ1n) is 6.68. The fourth-order valence-electron chi connectivity index (χ4n) is 4.53. The first-order chi connectivity index (χ1) is 9.08. The summed E-state index contributed by atoms with van der Waals surface area (Å²) in [5.74, 6) is 1.91. The molecule has 2 aliphatic carbocycles. The number of hydrogen-bond acceptors (Lipinski definition) is 5. The highest BCUT2D eigenvalue weighted by molar-refractivity contribution is 5.57. The number of aryl methyl sites for hydroxylation is 1. The van der Waals surface area contributed by atoms with Crippen LogP contribution in [0.2, 0.25) is 0 Å². The van der Waals surface area contributed by atoms with Crippen LogP contribution in [0, 0.1) is 27.9 Å². The van der Waals surface area contributed by atoms with E-state index in [0.29, 0.717) is 23.6 Å². The van der Waals surface area contributed by atoms with Crippen LogP contribution in [-0.2, 0) is 7.05 Å². The van der Waals surface area contributed by atoms with E-state index in [1.807, 2.05) is 4.90 Å². The molecule has 7 nitrogen and oxygen atoms in total. The first-order valence-corrected chi connectivity index (χ1v) is 6.68. The standard InChI is InChI=1S/C12H16N4O3/c1-14-5-13-11(16(18)19)12(14)15-4-7-2-6-3-8(7)9(15)10(6)17/h5-10,17H,2-4H2,1H3. The van der Waals surface area contributed by atoms with E-state index in [1.54, 1.807) is 11.6 Å². The molecule has 2 heterocycles. The van der Waals surface area contributed by atoms with Gasteiger partial charge in [-0.15, -0.1) is 0 Å². The summed E-state index contributed by atoms with van der Waals surface area (Å²) < 4.78 is 1.70. The second-order valence-corrected chi connectivity index (χ2v) is 6.05. The van der Waals surface area contributed by atoms with E-state index in [1.165, 1.54) is 6.33 Å². The normalized spacial score (nSPS) is 39.3. The van der Waals surface area contributed by atoms with Crippen molar-refractivity contribution in [3.63, 3.8) is 0 Å². The van der Waals surface area contributed by atoms with Gasteiger partial charge in [-0.2, -0.15) is 0 Å². The van der Waals surface area contributed by atoms with Gasteiger partial charge in [0.15, 0.2) is 0 Å². The lowest BCUT2D eigenvalue weighted by Gasteiger charge is -2.29. The van der Waals surface area contributed by atoms with Crippen LogP contribution >= 0.6 is 0 Å². The summed E-state index contributed by atoms with van der Waals surface area (Å²) in [5.41, 5.74) is 0. The molecule has 3 fully saturated rings. The minimum absolute atomic E-state index is 0.0397. The summed E-state index contributed by atoms with van der Waals surface area (Å²) in [6.07, 6.45) is 3.26. The largest absolute Gasteiger partial charge is 0.406 e. The van der Waals surface area contributed by atoms with Gasteiger partial charge in [-0.3, -0.25) is 4.57 Å². The van der Waals surface area contributed by atoms with Crippen LogP contribution < -0.4 is 4.90 Å². The van der Waals surface area contributed by atoms with E-state index in [-0.39, 0.29) is 18.0 Å². The Hall–Kier alpha value is -1.63. The van der Waals surface area contributed by atoms with E-state index < -0.39 is 4.92 Å². The average Bonchev–Trinajstić information content (AvgIpc) is 3.01. The van der Waals surface area contributed by atoms with E-state index in [4.69, 9.17) is 0 Å². The zero-order valence-electron chi connectivity index (χ0n) is 10.6. The maximum absolute atomic E-state index is 11.1. The minimum atomic E-state index is -0.436. The van der Waals surface area contributed by atoms with Gasteiger partial charge < -0.3 is 20.1 Å². The summed E-state index contributed by atoms with van der Waals surface area (Å²) in [5, 5.41) is 21.5. The zero-order valence-corrected chi connectivity index (χ0v) is 10.6. The van der Waals surface area contributed by atoms with Crippen LogP contribution in [0.3, 0.4) is 0 Å². The van der Waals surface area contributed by atoms with Crippen LogP contribution in [0.4, 0.5) is 11.6 Å². The van der Waals surface area contributed by atoms with Crippen molar-refractivity contribution in [1.82, 2.24) is 9.55 Å². The minimum Gasteiger partial charge on any atom is -0.391 e. The van der Waals surface area contributed by atoms with Gasteiger partial charge in [0.1, 0.15) is 0 Å². The molecule has 7 heteroatoms. The Morgan fingerprint density at radius 2 is 2.26 bits per heavy atom. The number of nitrogens with zero attached hydrogens (tertiary/aromatic N) is 4. The Balaban J connectivity index is 1.78. The SMILES string of the molecule is Cn1cnc([N+](=O)[O-])c1N1CC2CC3CC2C1C3O. The molecule has 1 aromatic heterocycles. The van der Waals surface area contributed by atoms with Crippen molar-refractivity contribution >= 4 is 11.6 Å². The summed E-state index contributed by atoms with van der Waals surface area (Å²) in [4.78, 5) is 16.6. The van der Waals surface area contributed by atoms with Gasteiger partial charge in [0.25, 0.3) is 0 Å². The third-order valence-electron chi connectivity index (χ3n) is 5.18. The number of aliphatic hydroxyl groups excluding tert-OH is 1. The smallest absolute Gasteiger partial charge is 0.391 e. The molecule has 0 aromatic carbocycles. The fraction of sp³-hybridized carbons (Fsp3) is 0.750. The van der Waals surface area contributed by atoms with Crippen molar-refractivity contribution in [2.75, 3.05) is 11.4 Å². The highest BCUT2D eigenvalue weighted by Crippen LogP contribution is 2.56. The molecule has 0 amide bonds. The van der Waals surface area contributed by atoms with Crippen LogP contribution in [0.15, 0.2) is 6.33 Å². The lowest BCUT2D eigenvalue weighted by molar-refractivity contribution is -0.388. The summed E-state index contributed by atoms with van der Waals surface area (Å²) in [6, 6.07) is 0.0397. The van der Waals surface area contributed by atoms with Crippen molar-refractivity contribution in [1.29, 1.82) is 0 Å². The van der Waals surface area contributed by atoms with Crippen molar-refractivity contribution < 1.29 is 10.0 Å². The highest BCUT2D eigenvalue weighted by Gasteiger charge is 2.60. The lowest BCUT2D eigenvalue weighted by atomic mass is 9.88. The predicted octanol–water partition coefficient (Wildman–Crippen LogP) is 0.534. The first kappa shape index (κ1) is 11.2. The van der Waals surface area contributed by atoms with Gasteiger partial charge in [-0.1, -0.05) is 0 Å². The van der Waals surface area contributed by atoms with Crippen molar-refractivity contribution in [2.24, 2.45) is 24.8 Å². The zero-order chi connectivity index (χ0) is 13.3. The van der Waals surface area contributed by atoms with E-state index in [9.17, 15) is 15.2 Å². The van der Waals surface area contributed by atoms with Gasteiger partial charge in [-0.05, 0) is 40.5 Å². The van der Waals surface area contributed by atoms with Gasteiger partial charge in [0, 0.05) is 13.6 Å². The molecule has 1 aliphatic heterocycles. The van der Waals surface area contributed by atoms with E-state index >= 15 is 0 Å². The molecule has 0 spiro atoms. The maximum Gasteiger partial charge on any atom is 0.406 e. The predicted molar refractivity (Wildman–Crippen MR) is 66.7 cm³/mol. The van der Waals surface area contributed by atoms with E-state index in [2.05, 4.69) is 4.98 Å². The van der Waals surface area contributed by atoms with Gasteiger partial charge >= 0.3 is 5.82 Å².